The van der Waals surface area contributed by atoms with Crippen molar-refractivity contribution in [2.75, 3.05) is 29.6 Å². The number of nitrogens with one attached hydrogen (secondary N) is 1. The minimum absolute atomic E-state index is 0.596. The van der Waals surface area contributed by atoms with Gasteiger partial charge in [-0.1, -0.05) is 6.92 Å². The van der Waals surface area contributed by atoms with Gasteiger partial charge in [0.15, 0.2) is 0 Å². The van der Waals surface area contributed by atoms with Gasteiger partial charge in [-0.05, 0) is 12.2 Å². The summed E-state index contributed by atoms with van der Waals surface area (Å²) in [6, 6.07) is 0.684. The molecule has 2 nitrogen and oxygen atoms in total. The summed E-state index contributed by atoms with van der Waals surface area (Å²) >= 11 is 2.01. The Morgan fingerprint density at radius 2 is 2.50 bits per heavy atom. The van der Waals surface area contributed by atoms with E-state index in [1.165, 1.54) is 17.9 Å². The summed E-state index contributed by atoms with van der Waals surface area (Å²) < 4.78 is 11.1. The first kappa shape index (κ1) is 10.5. The van der Waals surface area contributed by atoms with Gasteiger partial charge in [-0.3, -0.25) is 4.21 Å². The van der Waals surface area contributed by atoms with E-state index < -0.39 is 10.8 Å². The fraction of sp³-hybridized carbons (Fsp3) is 1.00. The molecule has 0 aromatic heterocycles. The van der Waals surface area contributed by atoms with Crippen LogP contribution in [0, 0.1) is 0 Å². The Kier molecular flexibility index (Phi) is 5.27. The van der Waals surface area contributed by atoms with Gasteiger partial charge in [0.05, 0.1) is 0 Å². The largest absolute Gasteiger partial charge is 0.312 e. The summed E-state index contributed by atoms with van der Waals surface area (Å²) in [5.41, 5.74) is 0. The molecule has 0 amide bonds. The second-order valence-corrected chi connectivity index (χ2v) is 5.96. The van der Waals surface area contributed by atoms with E-state index in [1.54, 1.807) is 0 Å². The molecule has 0 aliphatic carbocycles. The highest BCUT2D eigenvalue weighted by Crippen LogP contribution is 2.16. The molecule has 0 bridgehead atoms. The number of hydrogen-bond donors (Lipinski definition) is 1. The van der Waals surface area contributed by atoms with Gasteiger partial charge in [-0.15, -0.1) is 0 Å². The Morgan fingerprint density at radius 1 is 1.67 bits per heavy atom. The molecule has 1 fully saturated rings. The van der Waals surface area contributed by atoms with Gasteiger partial charge in [-0.25, -0.2) is 0 Å². The van der Waals surface area contributed by atoms with E-state index in [9.17, 15) is 4.21 Å². The molecule has 0 radical (unpaired) electrons. The second kappa shape index (κ2) is 6.00. The van der Waals surface area contributed by atoms with Crippen molar-refractivity contribution in [3.05, 3.63) is 0 Å². The first-order valence-electron chi connectivity index (χ1n) is 4.49. The highest BCUT2D eigenvalue weighted by molar-refractivity contribution is 7.99. The summed E-state index contributed by atoms with van der Waals surface area (Å²) in [7, 11) is -0.596. The molecule has 1 heterocycles. The molecule has 1 saturated heterocycles. The lowest BCUT2D eigenvalue weighted by Gasteiger charge is -2.09. The van der Waals surface area contributed by atoms with Crippen molar-refractivity contribution in [3.8, 4) is 0 Å². The molecule has 1 N–H and O–H groups in total. The third-order valence-corrected chi connectivity index (χ3v) is 4.48. The molecule has 0 aromatic carbocycles. The van der Waals surface area contributed by atoms with Crippen LogP contribution in [0.3, 0.4) is 0 Å². The van der Waals surface area contributed by atoms with Crippen molar-refractivity contribution in [2.45, 2.75) is 19.4 Å². The fourth-order valence-electron chi connectivity index (χ4n) is 1.22. The van der Waals surface area contributed by atoms with E-state index in [0.717, 1.165) is 18.1 Å². The predicted molar refractivity (Wildman–Crippen MR) is 57.3 cm³/mol. The third kappa shape index (κ3) is 3.92. The zero-order valence-electron chi connectivity index (χ0n) is 7.54. The van der Waals surface area contributed by atoms with E-state index in [0.29, 0.717) is 6.04 Å². The molecule has 12 heavy (non-hydrogen) atoms. The molecular weight excluding hydrogens is 190 g/mol. The highest BCUT2D eigenvalue weighted by Gasteiger charge is 2.13. The number of thioether (sulfide) groups is 1. The maximum atomic E-state index is 11.1. The van der Waals surface area contributed by atoms with Crippen LogP contribution in [-0.2, 0) is 10.8 Å². The zero-order valence-corrected chi connectivity index (χ0v) is 9.18. The summed E-state index contributed by atoms with van der Waals surface area (Å²) in [5.74, 6) is 4.13. The van der Waals surface area contributed by atoms with E-state index in [-0.39, 0.29) is 0 Å². The summed E-state index contributed by atoms with van der Waals surface area (Å²) in [5, 5.41) is 3.43. The van der Waals surface area contributed by atoms with Crippen LogP contribution in [0.1, 0.15) is 13.3 Å². The van der Waals surface area contributed by atoms with Gasteiger partial charge in [0, 0.05) is 40.6 Å². The Labute approximate surface area is 81.3 Å². The SMILES string of the molecule is CCS(=O)CCNC1CCSC1. The first-order valence-corrected chi connectivity index (χ1v) is 7.13. The first-order chi connectivity index (χ1) is 5.83. The molecule has 2 atom stereocenters. The van der Waals surface area contributed by atoms with Gasteiger partial charge >= 0.3 is 0 Å². The minimum atomic E-state index is -0.596. The van der Waals surface area contributed by atoms with Crippen molar-refractivity contribution in [3.63, 3.8) is 0 Å². The van der Waals surface area contributed by atoms with Crippen molar-refractivity contribution < 1.29 is 4.21 Å². The molecule has 2 unspecified atom stereocenters. The molecule has 4 heteroatoms. The minimum Gasteiger partial charge on any atom is -0.312 e. The number of rotatable bonds is 5. The Hall–Kier alpha value is 0.460. The lowest BCUT2D eigenvalue weighted by atomic mass is 10.3. The lowest BCUT2D eigenvalue weighted by molar-refractivity contribution is 0.578. The monoisotopic (exact) mass is 207 g/mol. The average molecular weight is 207 g/mol. The normalized spacial score (nSPS) is 25.9. The third-order valence-electron chi connectivity index (χ3n) is 2.01. The smallest absolute Gasteiger partial charge is 0.0360 e. The van der Waals surface area contributed by atoms with Crippen molar-refractivity contribution in [2.24, 2.45) is 0 Å². The lowest BCUT2D eigenvalue weighted by Crippen LogP contribution is -2.32. The van der Waals surface area contributed by atoms with Gasteiger partial charge < -0.3 is 5.32 Å². The molecule has 0 saturated carbocycles. The van der Waals surface area contributed by atoms with Gasteiger partial charge in [0.2, 0.25) is 0 Å². The van der Waals surface area contributed by atoms with E-state index in [1.807, 2.05) is 18.7 Å². The Balaban J connectivity index is 1.97. The topological polar surface area (TPSA) is 29.1 Å². The van der Waals surface area contributed by atoms with Crippen LogP contribution in [0.5, 0.6) is 0 Å². The summed E-state index contributed by atoms with van der Waals surface area (Å²) in [6.45, 7) is 2.90. The molecule has 0 aromatic rings. The van der Waals surface area contributed by atoms with Crippen molar-refractivity contribution in [1.29, 1.82) is 0 Å². The molecule has 1 rings (SSSR count). The van der Waals surface area contributed by atoms with Gasteiger partial charge in [0.25, 0.3) is 0 Å². The maximum absolute atomic E-state index is 11.1. The highest BCUT2D eigenvalue weighted by atomic mass is 32.2. The Bertz CT molecular complexity index is 146. The quantitative estimate of drug-likeness (QED) is 0.725. The molecular formula is C8H17NOS2. The summed E-state index contributed by atoms with van der Waals surface area (Å²) in [4.78, 5) is 0. The maximum Gasteiger partial charge on any atom is 0.0360 e. The predicted octanol–water partition coefficient (Wildman–Crippen LogP) is 0.850. The molecule has 1 aliphatic rings. The second-order valence-electron chi connectivity index (χ2n) is 2.95. The van der Waals surface area contributed by atoms with Gasteiger partial charge in [-0.2, -0.15) is 11.8 Å². The van der Waals surface area contributed by atoms with Crippen LogP contribution < -0.4 is 5.32 Å². The fourth-order valence-corrected chi connectivity index (χ4v) is 3.04. The zero-order chi connectivity index (χ0) is 8.81. The van der Waals surface area contributed by atoms with Crippen molar-refractivity contribution >= 4 is 22.6 Å². The van der Waals surface area contributed by atoms with E-state index in [4.69, 9.17) is 0 Å². The van der Waals surface area contributed by atoms with Crippen LogP contribution in [0.25, 0.3) is 0 Å². The Morgan fingerprint density at radius 3 is 3.08 bits per heavy atom. The van der Waals surface area contributed by atoms with Crippen LogP contribution in [0.4, 0.5) is 0 Å². The van der Waals surface area contributed by atoms with Crippen LogP contribution >= 0.6 is 11.8 Å². The number of hydrogen-bond acceptors (Lipinski definition) is 3. The van der Waals surface area contributed by atoms with Crippen LogP contribution in [0.15, 0.2) is 0 Å². The molecule has 72 valence electrons. The van der Waals surface area contributed by atoms with E-state index >= 15 is 0 Å². The van der Waals surface area contributed by atoms with Gasteiger partial charge in [0.1, 0.15) is 0 Å². The molecule has 0 spiro atoms. The van der Waals surface area contributed by atoms with Crippen LogP contribution in [-0.4, -0.2) is 39.8 Å². The standard InChI is InChI=1S/C8H17NOS2/c1-2-12(10)6-4-9-8-3-5-11-7-8/h8-9H,2-7H2,1H3. The average Bonchev–Trinajstić information content (AvgIpc) is 2.57. The molecule has 1 aliphatic heterocycles. The van der Waals surface area contributed by atoms with Crippen molar-refractivity contribution in [1.82, 2.24) is 5.32 Å². The van der Waals surface area contributed by atoms with E-state index in [2.05, 4.69) is 5.32 Å². The summed E-state index contributed by atoms with van der Waals surface area (Å²) in [6.07, 6.45) is 1.28. The van der Waals surface area contributed by atoms with Crippen LogP contribution in [0.2, 0.25) is 0 Å².